The molecule has 1 aliphatic rings. The molecule has 2 amide bonds. The van der Waals surface area contributed by atoms with Crippen LogP contribution in [0.25, 0.3) is 0 Å². The van der Waals surface area contributed by atoms with Crippen molar-refractivity contribution in [3.8, 4) is 5.75 Å². The number of amides is 2. The number of hydrogen-bond acceptors (Lipinski definition) is 6. The lowest BCUT2D eigenvalue weighted by Crippen LogP contribution is -2.36. The van der Waals surface area contributed by atoms with Gasteiger partial charge in [-0.2, -0.15) is 5.10 Å². The molecule has 1 N–H and O–H groups in total. The zero-order chi connectivity index (χ0) is 20.6. The summed E-state index contributed by atoms with van der Waals surface area (Å²) in [5, 5.41) is 15.0. The first-order valence-electron chi connectivity index (χ1n) is 9.02. The second-order valence-electron chi connectivity index (χ2n) is 8.64. The molecule has 0 bridgehead atoms. The first kappa shape index (κ1) is 20.9. The zero-order valence-corrected chi connectivity index (χ0v) is 17.2. The van der Waals surface area contributed by atoms with Gasteiger partial charge in [0.05, 0.1) is 6.54 Å². The summed E-state index contributed by atoms with van der Waals surface area (Å²) in [6.07, 6.45) is -0.406. The molecule has 1 aliphatic heterocycles. The Kier molecular flexibility index (Phi) is 5.63. The molecule has 0 unspecified atom stereocenters. The highest BCUT2D eigenvalue weighted by Gasteiger charge is 2.31. The van der Waals surface area contributed by atoms with Crippen LogP contribution in [0.1, 0.15) is 53.7 Å². The van der Waals surface area contributed by atoms with Crippen molar-refractivity contribution in [1.82, 2.24) is 14.7 Å². The van der Waals surface area contributed by atoms with E-state index < -0.39 is 23.4 Å². The van der Waals surface area contributed by atoms with Crippen molar-refractivity contribution in [3.05, 3.63) is 5.69 Å². The molecule has 0 saturated carbocycles. The molecule has 0 spiro atoms. The highest BCUT2D eigenvalue weighted by Crippen LogP contribution is 2.33. The number of aromatic nitrogens is 2. The van der Waals surface area contributed by atoms with Crippen molar-refractivity contribution < 1.29 is 24.2 Å². The molecule has 2 heterocycles. The fourth-order valence-electron chi connectivity index (χ4n) is 2.61. The summed E-state index contributed by atoms with van der Waals surface area (Å²) in [5.41, 5.74) is -0.803. The number of carbonyl (C=O) groups is 2. The molecular weight excluding hydrogens is 352 g/mol. The van der Waals surface area contributed by atoms with Crippen molar-refractivity contribution in [3.63, 3.8) is 0 Å². The van der Waals surface area contributed by atoms with E-state index in [1.807, 2.05) is 0 Å². The molecule has 0 aromatic carbocycles. The van der Waals surface area contributed by atoms with Gasteiger partial charge in [-0.05, 0) is 48.0 Å². The number of aryl methyl sites for hydroxylation is 1. The maximum absolute atomic E-state index is 12.4. The van der Waals surface area contributed by atoms with E-state index in [2.05, 4.69) is 5.10 Å². The summed E-state index contributed by atoms with van der Waals surface area (Å²) >= 11 is 0. The van der Waals surface area contributed by atoms with E-state index in [1.54, 1.807) is 46.2 Å². The lowest BCUT2D eigenvalue weighted by atomic mass is 10.2. The van der Waals surface area contributed by atoms with Gasteiger partial charge < -0.3 is 19.5 Å². The molecule has 0 fully saturated rings. The molecule has 9 nitrogen and oxygen atoms in total. The van der Waals surface area contributed by atoms with Crippen LogP contribution >= 0.6 is 0 Å². The van der Waals surface area contributed by atoms with E-state index in [4.69, 9.17) is 9.47 Å². The van der Waals surface area contributed by atoms with E-state index >= 15 is 0 Å². The lowest BCUT2D eigenvalue weighted by Gasteiger charge is -2.26. The maximum atomic E-state index is 12.4. The van der Waals surface area contributed by atoms with Crippen LogP contribution in [0.2, 0.25) is 0 Å². The second kappa shape index (κ2) is 7.28. The molecule has 0 saturated heterocycles. The van der Waals surface area contributed by atoms with Crippen molar-refractivity contribution >= 4 is 18.0 Å². The minimum Gasteiger partial charge on any atom is -0.503 e. The number of fused-ring (bicyclic) bond motifs is 1. The first-order chi connectivity index (χ1) is 12.3. The molecule has 9 heteroatoms. The van der Waals surface area contributed by atoms with Gasteiger partial charge in [-0.25, -0.2) is 9.59 Å². The third-order valence-electron chi connectivity index (χ3n) is 3.79. The van der Waals surface area contributed by atoms with Crippen LogP contribution in [0.4, 0.5) is 15.4 Å². The van der Waals surface area contributed by atoms with Gasteiger partial charge in [0.1, 0.15) is 16.9 Å². The molecule has 1 aromatic heterocycles. The first-order valence-corrected chi connectivity index (χ1v) is 9.02. The highest BCUT2D eigenvalue weighted by molar-refractivity contribution is 5.88. The number of anilines is 1. The fraction of sp³-hybridized carbons (Fsp3) is 0.722. The minimum absolute atomic E-state index is 0.102. The van der Waals surface area contributed by atoms with Gasteiger partial charge in [0.15, 0.2) is 5.75 Å². The van der Waals surface area contributed by atoms with Gasteiger partial charge in [0.25, 0.3) is 0 Å². The number of aromatic hydroxyl groups is 1. The van der Waals surface area contributed by atoms with Crippen LogP contribution in [0, 0.1) is 0 Å². The van der Waals surface area contributed by atoms with Crippen LogP contribution in [0.5, 0.6) is 5.75 Å². The predicted molar refractivity (Wildman–Crippen MR) is 99.8 cm³/mol. The van der Waals surface area contributed by atoms with Gasteiger partial charge in [-0.15, -0.1) is 0 Å². The van der Waals surface area contributed by atoms with Gasteiger partial charge >= 0.3 is 12.2 Å². The zero-order valence-electron chi connectivity index (χ0n) is 17.2. The Balaban J connectivity index is 2.23. The third kappa shape index (κ3) is 5.27. The van der Waals surface area contributed by atoms with Gasteiger partial charge in [-0.3, -0.25) is 9.58 Å². The Morgan fingerprint density at radius 2 is 1.67 bits per heavy atom. The van der Waals surface area contributed by atoms with E-state index in [-0.39, 0.29) is 18.1 Å². The Hall–Kier alpha value is -2.45. The average molecular weight is 382 g/mol. The Labute approximate surface area is 159 Å². The predicted octanol–water partition coefficient (Wildman–Crippen LogP) is 3.10. The summed E-state index contributed by atoms with van der Waals surface area (Å²) in [5.74, 6) is -0.0379. The lowest BCUT2D eigenvalue weighted by molar-refractivity contribution is 0.0235. The van der Waals surface area contributed by atoms with Crippen molar-refractivity contribution in [1.29, 1.82) is 0 Å². The van der Waals surface area contributed by atoms with Crippen LogP contribution in [-0.2, 0) is 22.6 Å². The number of hydrogen-bond donors (Lipinski definition) is 1. The molecule has 27 heavy (non-hydrogen) atoms. The molecule has 152 valence electrons. The smallest absolute Gasteiger partial charge is 0.415 e. The standard InChI is InChI=1S/C18H30N4O5/c1-17(2,3)26-15(24)20(7)14-13(23)12-11-21(9-8-10-22(12)19-14)16(25)27-18(4,5)6/h23H,8-11H2,1-7H3. The second-order valence-corrected chi connectivity index (χ2v) is 8.64. The van der Waals surface area contributed by atoms with Gasteiger partial charge in [-0.1, -0.05) is 0 Å². The van der Waals surface area contributed by atoms with Crippen molar-refractivity contribution in [2.75, 3.05) is 18.5 Å². The number of rotatable bonds is 1. The summed E-state index contributed by atoms with van der Waals surface area (Å²) < 4.78 is 12.4. The Bertz CT molecular complexity index is 715. The Morgan fingerprint density at radius 3 is 2.22 bits per heavy atom. The van der Waals surface area contributed by atoms with Crippen LogP contribution in [0.15, 0.2) is 0 Å². The van der Waals surface area contributed by atoms with E-state index in [0.29, 0.717) is 25.2 Å². The average Bonchev–Trinajstić information content (AvgIpc) is 2.67. The van der Waals surface area contributed by atoms with Crippen molar-refractivity contribution in [2.24, 2.45) is 0 Å². The monoisotopic (exact) mass is 382 g/mol. The van der Waals surface area contributed by atoms with Gasteiger partial charge in [0, 0.05) is 20.1 Å². The van der Waals surface area contributed by atoms with E-state index in [9.17, 15) is 14.7 Å². The van der Waals surface area contributed by atoms with E-state index in [0.717, 1.165) is 0 Å². The topological polar surface area (TPSA) is 97.1 Å². The largest absolute Gasteiger partial charge is 0.503 e. The molecule has 0 aliphatic carbocycles. The minimum atomic E-state index is -0.661. The number of ether oxygens (including phenoxy) is 2. The number of nitrogens with zero attached hydrogens (tertiary/aromatic N) is 4. The van der Waals surface area contributed by atoms with Gasteiger partial charge in [0.2, 0.25) is 5.82 Å². The summed E-state index contributed by atoms with van der Waals surface area (Å²) in [6.45, 7) is 11.9. The van der Waals surface area contributed by atoms with Crippen LogP contribution in [0.3, 0.4) is 0 Å². The van der Waals surface area contributed by atoms with E-state index in [1.165, 1.54) is 16.8 Å². The summed E-state index contributed by atoms with van der Waals surface area (Å²) in [6, 6.07) is 0. The maximum Gasteiger partial charge on any atom is 0.415 e. The van der Waals surface area contributed by atoms with Crippen LogP contribution < -0.4 is 4.90 Å². The molecule has 1 aromatic rings. The quantitative estimate of drug-likeness (QED) is 0.802. The summed E-state index contributed by atoms with van der Waals surface area (Å²) in [7, 11) is 1.49. The normalized spacial score (nSPS) is 15.0. The summed E-state index contributed by atoms with van der Waals surface area (Å²) in [4.78, 5) is 27.4. The highest BCUT2D eigenvalue weighted by atomic mass is 16.6. The Morgan fingerprint density at radius 1 is 1.07 bits per heavy atom. The number of carbonyl (C=O) groups excluding carboxylic acids is 2. The third-order valence-corrected chi connectivity index (χ3v) is 3.79. The fourth-order valence-corrected chi connectivity index (χ4v) is 2.61. The molecule has 0 atom stereocenters. The molecule has 2 rings (SSSR count). The molecule has 0 radical (unpaired) electrons. The van der Waals surface area contributed by atoms with Crippen LogP contribution in [-0.4, -0.2) is 56.8 Å². The van der Waals surface area contributed by atoms with Crippen molar-refractivity contribution in [2.45, 2.75) is 72.3 Å². The molecular formula is C18H30N4O5. The SMILES string of the molecule is CN(C(=O)OC(C)(C)C)c1nn2c(c1O)CN(C(=O)OC(C)(C)C)CCC2.